The summed E-state index contributed by atoms with van der Waals surface area (Å²) in [6.07, 6.45) is 5.01. The summed E-state index contributed by atoms with van der Waals surface area (Å²) in [6.45, 7) is 3.58. The molecule has 1 aliphatic heterocycles. The molecule has 5 heteroatoms. The molecule has 0 bridgehead atoms. The van der Waals surface area contributed by atoms with Crippen molar-refractivity contribution >= 4 is 11.9 Å². The molecule has 0 aromatic carbocycles. The molecule has 1 aliphatic rings. The van der Waals surface area contributed by atoms with E-state index >= 15 is 0 Å². The Labute approximate surface area is 114 Å². The number of carbonyl (C=O) groups is 2. The number of carbonyl (C=O) groups excluding carboxylic acids is 1. The van der Waals surface area contributed by atoms with Crippen LogP contribution in [-0.4, -0.2) is 36.7 Å². The first-order chi connectivity index (χ1) is 9.15. The van der Waals surface area contributed by atoms with Gasteiger partial charge in [0.05, 0.1) is 5.92 Å². The fourth-order valence-corrected chi connectivity index (χ4v) is 2.42. The second-order valence-corrected chi connectivity index (χ2v) is 5.16. The van der Waals surface area contributed by atoms with Crippen LogP contribution in [0.5, 0.6) is 0 Å². The van der Waals surface area contributed by atoms with E-state index in [-0.39, 0.29) is 18.4 Å². The summed E-state index contributed by atoms with van der Waals surface area (Å²) in [5.41, 5.74) is 0. The first kappa shape index (κ1) is 16.0. The summed E-state index contributed by atoms with van der Waals surface area (Å²) in [6, 6.07) is 0. The first-order valence-electron chi connectivity index (χ1n) is 7.22. The Morgan fingerprint density at radius 2 is 2.00 bits per heavy atom. The first-order valence-corrected chi connectivity index (χ1v) is 7.22. The van der Waals surface area contributed by atoms with Gasteiger partial charge in [-0.3, -0.25) is 9.59 Å². The fourth-order valence-electron chi connectivity index (χ4n) is 2.42. The third-order valence-corrected chi connectivity index (χ3v) is 3.68. The van der Waals surface area contributed by atoms with Crippen LogP contribution in [0.4, 0.5) is 0 Å². The molecule has 1 rings (SSSR count). The highest BCUT2D eigenvalue weighted by Crippen LogP contribution is 2.23. The normalized spacial score (nSPS) is 17.9. The van der Waals surface area contributed by atoms with Gasteiger partial charge in [0.15, 0.2) is 0 Å². The van der Waals surface area contributed by atoms with Crippen molar-refractivity contribution in [2.45, 2.75) is 45.4 Å². The van der Waals surface area contributed by atoms with Gasteiger partial charge in [-0.25, -0.2) is 0 Å². The molecule has 1 saturated heterocycles. The second-order valence-electron chi connectivity index (χ2n) is 5.16. The minimum Gasteiger partial charge on any atom is -0.481 e. The van der Waals surface area contributed by atoms with E-state index < -0.39 is 11.9 Å². The zero-order chi connectivity index (χ0) is 14.1. The second kappa shape index (κ2) is 8.91. The molecule has 1 unspecified atom stereocenters. The van der Waals surface area contributed by atoms with Gasteiger partial charge in [-0.05, 0) is 25.2 Å². The quantitative estimate of drug-likeness (QED) is 0.660. The van der Waals surface area contributed by atoms with Gasteiger partial charge in [0.1, 0.15) is 0 Å². The Bertz CT molecular complexity index is 287. The number of aliphatic carboxylic acids is 1. The Kier molecular flexibility index (Phi) is 7.48. The fraction of sp³-hybridized carbons (Fsp3) is 0.857. The largest absolute Gasteiger partial charge is 0.481 e. The van der Waals surface area contributed by atoms with Crippen LogP contribution < -0.4 is 5.32 Å². The molecule has 0 radical (unpaired) electrons. The van der Waals surface area contributed by atoms with Gasteiger partial charge in [0.2, 0.25) is 5.91 Å². The maximum atomic E-state index is 11.6. The summed E-state index contributed by atoms with van der Waals surface area (Å²) in [4.78, 5) is 22.9. The average Bonchev–Trinajstić information content (AvgIpc) is 2.40. The summed E-state index contributed by atoms with van der Waals surface area (Å²) < 4.78 is 5.24. The van der Waals surface area contributed by atoms with E-state index in [1.165, 1.54) is 0 Å². The lowest BCUT2D eigenvalue weighted by molar-refractivity contribution is -0.144. The minimum absolute atomic E-state index is 0.0354. The van der Waals surface area contributed by atoms with Crippen molar-refractivity contribution in [1.82, 2.24) is 5.32 Å². The number of ether oxygens (including phenoxy) is 1. The zero-order valence-corrected chi connectivity index (χ0v) is 11.7. The Morgan fingerprint density at radius 3 is 2.58 bits per heavy atom. The van der Waals surface area contributed by atoms with Crippen molar-refractivity contribution in [3.8, 4) is 0 Å². The van der Waals surface area contributed by atoms with Gasteiger partial charge in [0, 0.05) is 26.2 Å². The van der Waals surface area contributed by atoms with Crippen LogP contribution in [0.3, 0.4) is 0 Å². The van der Waals surface area contributed by atoms with Crippen LogP contribution in [0, 0.1) is 11.8 Å². The van der Waals surface area contributed by atoms with E-state index in [4.69, 9.17) is 4.74 Å². The van der Waals surface area contributed by atoms with Crippen molar-refractivity contribution in [2.24, 2.45) is 11.8 Å². The van der Waals surface area contributed by atoms with Crippen LogP contribution in [0.25, 0.3) is 0 Å². The van der Waals surface area contributed by atoms with E-state index in [2.05, 4.69) is 12.2 Å². The summed E-state index contributed by atoms with van der Waals surface area (Å²) in [5.74, 6) is -1.23. The number of nitrogens with one attached hydrogen (secondary N) is 1. The molecule has 110 valence electrons. The minimum atomic E-state index is -0.819. The maximum Gasteiger partial charge on any atom is 0.308 e. The molecule has 1 fully saturated rings. The Morgan fingerprint density at radius 1 is 1.32 bits per heavy atom. The number of unbranched alkanes of at least 4 members (excludes halogenated alkanes) is 2. The number of carboxylic acids is 1. The van der Waals surface area contributed by atoms with Crippen molar-refractivity contribution in [3.63, 3.8) is 0 Å². The number of carboxylic acid groups (broad SMARTS) is 1. The highest BCUT2D eigenvalue weighted by molar-refractivity contribution is 5.77. The molecule has 2 N–H and O–H groups in total. The third kappa shape index (κ3) is 6.05. The highest BCUT2D eigenvalue weighted by atomic mass is 16.5. The molecular formula is C14H25NO4. The number of rotatable bonds is 8. The van der Waals surface area contributed by atoms with Gasteiger partial charge in [0.25, 0.3) is 0 Å². The molecular weight excluding hydrogens is 246 g/mol. The Hall–Kier alpha value is -1.10. The van der Waals surface area contributed by atoms with Gasteiger partial charge >= 0.3 is 5.97 Å². The molecule has 1 heterocycles. The molecule has 19 heavy (non-hydrogen) atoms. The van der Waals surface area contributed by atoms with E-state index in [9.17, 15) is 14.7 Å². The molecule has 5 nitrogen and oxygen atoms in total. The van der Waals surface area contributed by atoms with Crippen LogP contribution in [0.1, 0.15) is 45.4 Å². The van der Waals surface area contributed by atoms with Crippen LogP contribution in [-0.2, 0) is 14.3 Å². The topological polar surface area (TPSA) is 75.6 Å². The number of hydrogen-bond donors (Lipinski definition) is 2. The van der Waals surface area contributed by atoms with Crippen molar-refractivity contribution in [2.75, 3.05) is 19.8 Å². The smallest absolute Gasteiger partial charge is 0.308 e. The molecule has 1 amide bonds. The number of amides is 1. The van der Waals surface area contributed by atoms with Gasteiger partial charge in [-0.15, -0.1) is 0 Å². The monoisotopic (exact) mass is 271 g/mol. The van der Waals surface area contributed by atoms with Crippen molar-refractivity contribution in [1.29, 1.82) is 0 Å². The number of hydrogen-bond acceptors (Lipinski definition) is 3. The molecule has 0 spiro atoms. The maximum absolute atomic E-state index is 11.6. The lowest BCUT2D eigenvalue weighted by atomic mass is 9.86. The molecule has 0 aliphatic carbocycles. The van der Waals surface area contributed by atoms with E-state index in [0.717, 1.165) is 32.1 Å². The van der Waals surface area contributed by atoms with Gasteiger partial charge < -0.3 is 15.2 Å². The predicted molar refractivity (Wildman–Crippen MR) is 71.8 cm³/mol. The molecule has 0 aromatic rings. The lowest BCUT2D eigenvalue weighted by Crippen LogP contribution is -2.38. The molecule has 0 aromatic heterocycles. The molecule has 0 saturated carbocycles. The van der Waals surface area contributed by atoms with Crippen molar-refractivity contribution in [3.05, 3.63) is 0 Å². The summed E-state index contributed by atoms with van der Waals surface area (Å²) in [5, 5.41) is 12.0. The zero-order valence-electron chi connectivity index (χ0n) is 11.7. The lowest BCUT2D eigenvalue weighted by Gasteiger charge is -2.27. The summed E-state index contributed by atoms with van der Waals surface area (Å²) >= 11 is 0. The standard InChI is InChI=1S/C14H25NO4/c1-2-3-4-5-13(16)15-10-12(14(17)18)11-6-8-19-9-7-11/h11-12H,2-10H2,1H3,(H,15,16)(H,17,18). The van der Waals surface area contributed by atoms with Gasteiger partial charge in [-0.1, -0.05) is 19.8 Å². The average molecular weight is 271 g/mol. The highest BCUT2D eigenvalue weighted by Gasteiger charge is 2.29. The van der Waals surface area contributed by atoms with E-state index in [1.807, 2.05) is 0 Å². The molecule has 1 atom stereocenters. The van der Waals surface area contributed by atoms with Crippen LogP contribution in [0.15, 0.2) is 0 Å². The van der Waals surface area contributed by atoms with E-state index in [1.54, 1.807) is 0 Å². The van der Waals surface area contributed by atoms with Crippen LogP contribution in [0.2, 0.25) is 0 Å². The SMILES string of the molecule is CCCCCC(=O)NCC(C(=O)O)C1CCOCC1. The predicted octanol–water partition coefficient (Wildman–Crippen LogP) is 1.81. The van der Waals surface area contributed by atoms with Crippen molar-refractivity contribution < 1.29 is 19.4 Å². The van der Waals surface area contributed by atoms with Gasteiger partial charge in [-0.2, -0.15) is 0 Å². The Balaban J connectivity index is 2.32. The van der Waals surface area contributed by atoms with Crippen LogP contribution >= 0.6 is 0 Å². The van der Waals surface area contributed by atoms with E-state index in [0.29, 0.717) is 19.6 Å². The summed E-state index contributed by atoms with van der Waals surface area (Å²) in [7, 11) is 0. The third-order valence-electron chi connectivity index (χ3n) is 3.68.